The molecule has 0 N–H and O–H groups in total. The van der Waals surface area contributed by atoms with Crippen LogP contribution in [-0.4, -0.2) is 29.0 Å². The highest BCUT2D eigenvalue weighted by Gasteiger charge is 2.11. The van der Waals surface area contributed by atoms with Crippen LogP contribution < -0.4 is 5.56 Å². The third-order valence-electron chi connectivity index (χ3n) is 3.05. The summed E-state index contributed by atoms with van der Waals surface area (Å²) < 4.78 is 6.81. The lowest BCUT2D eigenvalue weighted by atomic mass is 10.2. The summed E-state index contributed by atoms with van der Waals surface area (Å²) in [5.74, 6) is 0.933. The van der Waals surface area contributed by atoms with Gasteiger partial charge in [-0.3, -0.25) is 9.36 Å². The molecule has 21 heavy (non-hydrogen) atoms. The fourth-order valence-electron chi connectivity index (χ4n) is 2.04. The van der Waals surface area contributed by atoms with E-state index in [4.69, 9.17) is 16.3 Å². The number of thioether (sulfide) groups is 1. The summed E-state index contributed by atoms with van der Waals surface area (Å²) in [6.45, 7) is 3.35. The van der Waals surface area contributed by atoms with E-state index in [-0.39, 0.29) is 5.56 Å². The van der Waals surface area contributed by atoms with Gasteiger partial charge in [-0.15, -0.1) is 0 Å². The zero-order valence-corrected chi connectivity index (χ0v) is 13.8. The van der Waals surface area contributed by atoms with Crippen molar-refractivity contribution in [3.05, 3.63) is 33.6 Å². The number of nitrogens with zero attached hydrogens (tertiary/aromatic N) is 2. The van der Waals surface area contributed by atoms with Crippen LogP contribution in [0.25, 0.3) is 10.9 Å². The van der Waals surface area contributed by atoms with Gasteiger partial charge >= 0.3 is 0 Å². The number of hydrogen-bond donors (Lipinski definition) is 0. The maximum absolute atomic E-state index is 12.6. The molecule has 4 nitrogen and oxygen atoms in total. The molecule has 0 aliphatic rings. The summed E-state index contributed by atoms with van der Waals surface area (Å²) >= 11 is 7.61. The fourth-order valence-corrected chi connectivity index (χ4v) is 3.09. The largest absolute Gasteiger partial charge is 0.385 e. The van der Waals surface area contributed by atoms with Crippen molar-refractivity contribution in [3.63, 3.8) is 0 Å². The van der Waals surface area contributed by atoms with E-state index < -0.39 is 0 Å². The molecule has 2 rings (SSSR count). The first-order valence-corrected chi connectivity index (χ1v) is 8.35. The van der Waals surface area contributed by atoms with E-state index in [2.05, 4.69) is 11.9 Å². The van der Waals surface area contributed by atoms with Gasteiger partial charge in [0.1, 0.15) is 0 Å². The van der Waals surface area contributed by atoms with Gasteiger partial charge < -0.3 is 4.74 Å². The number of benzene rings is 1. The minimum atomic E-state index is -0.00799. The second-order valence-corrected chi connectivity index (χ2v) is 6.21. The summed E-state index contributed by atoms with van der Waals surface area (Å²) in [7, 11) is 1.66. The van der Waals surface area contributed by atoms with E-state index in [1.807, 2.05) is 0 Å². The monoisotopic (exact) mass is 326 g/mol. The normalized spacial score (nSPS) is 11.2. The molecule has 0 bridgehead atoms. The molecular formula is C15H19ClN2O2S. The average molecular weight is 327 g/mol. The summed E-state index contributed by atoms with van der Waals surface area (Å²) in [5.41, 5.74) is 0.653. The van der Waals surface area contributed by atoms with Crippen LogP contribution >= 0.6 is 23.4 Å². The predicted molar refractivity (Wildman–Crippen MR) is 88.5 cm³/mol. The lowest BCUT2D eigenvalue weighted by Gasteiger charge is -2.12. The standard InChI is InChI=1S/C15H19ClN2O2S/c1-3-9-21-15-17-13-10-11(16)5-6-12(13)14(19)18(15)7-4-8-20-2/h5-6,10H,3-4,7-9H2,1-2H3. The highest BCUT2D eigenvalue weighted by Crippen LogP contribution is 2.21. The third kappa shape index (κ3) is 3.99. The highest BCUT2D eigenvalue weighted by atomic mass is 35.5. The molecule has 2 aromatic rings. The molecular weight excluding hydrogens is 308 g/mol. The summed E-state index contributed by atoms with van der Waals surface area (Å²) in [5, 5.41) is 1.96. The van der Waals surface area contributed by atoms with Crippen LogP contribution in [0.4, 0.5) is 0 Å². The zero-order valence-electron chi connectivity index (χ0n) is 12.3. The molecule has 0 radical (unpaired) electrons. The number of halogens is 1. The van der Waals surface area contributed by atoms with Gasteiger partial charge in [0.15, 0.2) is 5.16 Å². The van der Waals surface area contributed by atoms with E-state index >= 15 is 0 Å². The van der Waals surface area contributed by atoms with Crippen LogP contribution in [0.3, 0.4) is 0 Å². The lowest BCUT2D eigenvalue weighted by Crippen LogP contribution is -2.24. The summed E-state index contributed by atoms with van der Waals surface area (Å²) in [4.78, 5) is 17.3. The number of rotatable bonds is 7. The second kappa shape index (κ2) is 7.82. The van der Waals surface area contributed by atoms with E-state index in [1.54, 1.807) is 41.6 Å². The van der Waals surface area contributed by atoms with Gasteiger partial charge in [0.2, 0.25) is 0 Å². The smallest absolute Gasteiger partial charge is 0.262 e. The van der Waals surface area contributed by atoms with Crippen molar-refractivity contribution < 1.29 is 4.74 Å². The number of ether oxygens (including phenoxy) is 1. The number of aromatic nitrogens is 2. The summed E-state index contributed by atoms with van der Waals surface area (Å²) in [6.07, 6.45) is 1.82. The van der Waals surface area contributed by atoms with Crippen molar-refractivity contribution in [2.24, 2.45) is 0 Å². The quantitative estimate of drug-likeness (QED) is 0.443. The molecule has 0 unspecified atom stereocenters. The molecule has 114 valence electrons. The third-order valence-corrected chi connectivity index (χ3v) is 4.47. The molecule has 1 aromatic heterocycles. The molecule has 1 aromatic carbocycles. The maximum Gasteiger partial charge on any atom is 0.262 e. The summed E-state index contributed by atoms with van der Waals surface area (Å²) in [6, 6.07) is 5.22. The Hall–Kier alpha value is -1.04. The van der Waals surface area contributed by atoms with Crippen LogP contribution in [0.1, 0.15) is 19.8 Å². The Kier molecular flexibility index (Phi) is 6.08. The van der Waals surface area contributed by atoms with Crippen LogP contribution in [-0.2, 0) is 11.3 Å². The van der Waals surface area contributed by atoms with Gasteiger partial charge in [0, 0.05) is 31.0 Å². The van der Waals surface area contributed by atoms with E-state index in [0.29, 0.717) is 29.1 Å². The van der Waals surface area contributed by atoms with Gasteiger partial charge in [-0.1, -0.05) is 30.3 Å². The number of fused-ring (bicyclic) bond motifs is 1. The first-order chi connectivity index (χ1) is 10.2. The Balaban J connectivity index is 2.48. The van der Waals surface area contributed by atoms with Crippen LogP contribution in [0, 0.1) is 0 Å². The SMILES string of the molecule is CCCSc1nc2cc(Cl)ccc2c(=O)n1CCCOC. The molecule has 0 spiro atoms. The molecule has 0 saturated heterocycles. The topological polar surface area (TPSA) is 44.1 Å². The Labute approximate surface area is 133 Å². The Morgan fingerprint density at radius 1 is 1.43 bits per heavy atom. The first-order valence-electron chi connectivity index (χ1n) is 6.99. The molecule has 0 aliphatic heterocycles. The van der Waals surface area contributed by atoms with Gasteiger partial charge in [-0.05, 0) is 31.0 Å². The zero-order chi connectivity index (χ0) is 15.2. The molecule has 0 atom stereocenters. The maximum atomic E-state index is 12.6. The Morgan fingerprint density at radius 3 is 2.95 bits per heavy atom. The van der Waals surface area contributed by atoms with Crippen molar-refractivity contribution in [2.45, 2.75) is 31.5 Å². The van der Waals surface area contributed by atoms with Gasteiger partial charge in [-0.2, -0.15) is 0 Å². The van der Waals surface area contributed by atoms with Gasteiger partial charge in [0.25, 0.3) is 5.56 Å². The van der Waals surface area contributed by atoms with Crippen molar-refractivity contribution in [1.29, 1.82) is 0 Å². The predicted octanol–water partition coefficient (Wildman–Crippen LogP) is 3.59. The Morgan fingerprint density at radius 2 is 2.24 bits per heavy atom. The Bertz CT molecular complexity index is 673. The van der Waals surface area contributed by atoms with Gasteiger partial charge in [0.05, 0.1) is 10.9 Å². The lowest BCUT2D eigenvalue weighted by molar-refractivity contribution is 0.189. The van der Waals surface area contributed by atoms with Crippen LogP contribution in [0.15, 0.2) is 28.2 Å². The van der Waals surface area contributed by atoms with Crippen molar-refractivity contribution in [3.8, 4) is 0 Å². The van der Waals surface area contributed by atoms with Crippen LogP contribution in [0.5, 0.6) is 0 Å². The van der Waals surface area contributed by atoms with Crippen molar-refractivity contribution in [2.75, 3.05) is 19.5 Å². The molecule has 0 aliphatic carbocycles. The molecule has 0 fully saturated rings. The van der Waals surface area contributed by atoms with Crippen molar-refractivity contribution >= 4 is 34.3 Å². The number of methoxy groups -OCH3 is 1. The number of hydrogen-bond acceptors (Lipinski definition) is 4. The van der Waals surface area contributed by atoms with E-state index in [0.717, 1.165) is 23.8 Å². The van der Waals surface area contributed by atoms with Crippen LogP contribution in [0.2, 0.25) is 5.02 Å². The first kappa shape index (κ1) is 16.3. The molecule has 0 saturated carbocycles. The molecule has 1 heterocycles. The van der Waals surface area contributed by atoms with E-state index in [9.17, 15) is 4.79 Å². The second-order valence-electron chi connectivity index (χ2n) is 4.71. The highest BCUT2D eigenvalue weighted by molar-refractivity contribution is 7.99. The molecule has 0 amide bonds. The molecule has 6 heteroatoms. The minimum absolute atomic E-state index is 0.00799. The fraction of sp³-hybridized carbons (Fsp3) is 0.467. The van der Waals surface area contributed by atoms with Crippen molar-refractivity contribution in [1.82, 2.24) is 9.55 Å². The van der Waals surface area contributed by atoms with Gasteiger partial charge in [-0.25, -0.2) is 4.98 Å². The van der Waals surface area contributed by atoms with E-state index in [1.165, 1.54) is 0 Å². The average Bonchev–Trinajstić information content (AvgIpc) is 2.47. The minimum Gasteiger partial charge on any atom is -0.385 e.